The number of rotatable bonds is 1. The van der Waals surface area contributed by atoms with Crippen molar-refractivity contribution in [3.63, 3.8) is 0 Å². The quantitative estimate of drug-likeness (QED) is 0.416. The molecule has 0 aliphatic rings. The molecule has 0 aromatic heterocycles. The van der Waals surface area contributed by atoms with Crippen LogP contribution >= 0.6 is 0 Å². The minimum atomic E-state index is -0.398. The second kappa shape index (κ2) is 2.66. The zero-order valence-electron chi connectivity index (χ0n) is 3.52. The molecule has 0 unspecified atom stereocenters. The molecule has 0 aliphatic carbocycles. The van der Waals surface area contributed by atoms with Crippen LogP contribution in [-0.2, 0) is 9.53 Å². The number of esters is 1. The number of hydrogen-bond donors (Lipinski definition) is 0. The smallest absolute Gasteiger partial charge is 0.303 e. The highest BCUT2D eigenvalue weighted by Crippen LogP contribution is 1.66. The summed E-state index contributed by atoms with van der Waals surface area (Å²) in [6.45, 7) is 1.00. The molecule has 0 amide bonds. The molecule has 0 aromatic rings. The number of carbonyl (C=O) groups excluding carboxylic acids is 1. The van der Waals surface area contributed by atoms with Crippen LogP contribution in [0.15, 0.2) is 0 Å². The summed E-state index contributed by atoms with van der Waals surface area (Å²) in [5, 5.41) is 0. The predicted molar refractivity (Wildman–Crippen MR) is 19.7 cm³/mol. The lowest BCUT2D eigenvalue weighted by molar-refractivity contribution is -0.140. The molecule has 1 N–H and O–H groups in total. The molecule has 35 valence electrons. The van der Waals surface area contributed by atoms with E-state index < -0.39 is 5.97 Å². The first-order chi connectivity index (χ1) is 2.77. The molecule has 0 rings (SSSR count). The Morgan fingerprint density at radius 3 is 2.50 bits per heavy atom. The maximum atomic E-state index is 9.70. The van der Waals surface area contributed by atoms with Crippen molar-refractivity contribution in [2.24, 2.45) is 0 Å². The monoisotopic (exact) mass is 88.0 g/mol. The molecule has 0 aliphatic heterocycles. The lowest BCUT2D eigenvalue weighted by atomic mass is 10.8. The first-order valence-corrected chi connectivity index (χ1v) is 1.55. The fourth-order valence-electron chi connectivity index (χ4n) is 0.102. The van der Waals surface area contributed by atoms with Crippen LogP contribution < -0.4 is 5.73 Å². The van der Waals surface area contributed by atoms with E-state index in [9.17, 15) is 4.79 Å². The van der Waals surface area contributed by atoms with Crippen molar-refractivity contribution < 1.29 is 9.53 Å². The summed E-state index contributed by atoms with van der Waals surface area (Å²) in [5.41, 5.74) is 6.29. The van der Waals surface area contributed by atoms with E-state index in [1.807, 2.05) is 0 Å². The normalized spacial score (nSPS) is 7.67. The number of ether oxygens (including phenoxy) is 1. The number of carbonyl (C=O) groups is 1. The molecule has 6 heavy (non-hydrogen) atoms. The average molecular weight is 88.1 g/mol. The highest BCUT2D eigenvalue weighted by molar-refractivity contribution is 5.65. The standard InChI is InChI=1S/C3H6NO2/c1-3(5)6-2-4/h4H,2H2,1H3. The number of nitrogens with one attached hydrogen (secondary N) is 1. The van der Waals surface area contributed by atoms with Gasteiger partial charge in [0.1, 0.15) is 0 Å². The van der Waals surface area contributed by atoms with Crippen molar-refractivity contribution in [2.75, 3.05) is 6.73 Å². The van der Waals surface area contributed by atoms with Gasteiger partial charge in [0.25, 0.3) is 0 Å². The van der Waals surface area contributed by atoms with Crippen LogP contribution in [0.25, 0.3) is 0 Å². The van der Waals surface area contributed by atoms with Gasteiger partial charge in [0.15, 0.2) is 6.73 Å². The zero-order valence-corrected chi connectivity index (χ0v) is 3.52. The van der Waals surface area contributed by atoms with Gasteiger partial charge in [0.2, 0.25) is 0 Å². The molecular weight excluding hydrogens is 82.0 g/mol. The second-order valence-corrected chi connectivity index (χ2v) is 0.780. The summed E-state index contributed by atoms with van der Waals surface area (Å²) in [6, 6.07) is 0. The molecule has 0 spiro atoms. The van der Waals surface area contributed by atoms with E-state index in [2.05, 4.69) is 4.74 Å². The second-order valence-electron chi connectivity index (χ2n) is 0.780. The minimum absolute atomic E-state index is 0.269. The van der Waals surface area contributed by atoms with Gasteiger partial charge in [-0.15, -0.1) is 0 Å². The Morgan fingerprint density at radius 1 is 2.00 bits per heavy atom. The largest absolute Gasteiger partial charge is 0.449 e. The molecule has 3 nitrogen and oxygen atoms in total. The van der Waals surface area contributed by atoms with Crippen molar-refractivity contribution >= 4 is 5.97 Å². The van der Waals surface area contributed by atoms with Crippen molar-refractivity contribution in [2.45, 2.75) is 6.92 Å². The predicted octanol–water partition coefficient (Wildman–Crippen LogP) is -0.210. The topological polar surface area (TPSA) is 50.1 Å². The maximum Gasteiger partial charge on any atom is 0.303 e. The Hall–Kier alpha value is -0.570. The molecule has 3 heteroatoms. The van der Waals surface area contributed by atoms with Gasteiger partial charge in [-0.05, 0) is 0 Å². The third-order valence-electron chi connectivity index (χ3n) is 0.275. The first-order valence-electron chi connectivity index (χ1n) is 1.55. The van der Waals surface area contributed by atoms with Gasteiger partial charge in [-0.1, -0.05) is 0 Å². The summed E-state index contributed by atoms with van der Waals surface area (Å²) in [7, 11) is 0. The Morgan fingerprint density at radius 2 is 2.50 bits per heavy atom. The Bertz CT molecular complexity index is 52.8. The lowest BCUT2D eigenvalue weighted by Gasteiger charge is -1.88. The third-order valence-corrected chi connectivity index (χ3v) is 0.275. The molecule has 1 radical (unpaired) electrons. The zero-order chi connectivity index (χ0) is 4.99. The Labute approximate surface area is 36.1 Å². The van der Waals surface area contributed by atoms with Crippen LogP contribution in [0.5, 0.6) is 0 Å². The average Bonchev–Trinajstić information content (AvgIpc) is 1.35. The van der Waals surface area contributed by atoms with Crippen molar-refractivity contribution in [1.29, 1.82) is 0 Å². The van der Waals surface area contributed by atoms with Gasteiger partial charge in [-0.25, -0.2) is 5.73 Å². The van der Waals surface area contributed by atoms with Gasteiger partial charge in [0, 0.05) is 6.92 Å². The molecule has 0 aromatic carbocycles. The molecule has 0 bridgehead atoms. The van der Waals surface area contributed by atoms with Gasteiger partial charge >= 0.3 is 5.97 Å². The maximum absolute atomic E-state index is 9.70. The van der Waals surface area contributed by atoms with Crippen molar-refractivity contribution in [3.8, 4) is 0 Å². The van der Waals surface area contributed by atoms with Gasteiger partial charge < -0.3 is 4.74 Å². The summed E-state index contributed by atoms with van der Waals surface area (Å²) < 4.78 is 4.07. The van der Waals surface area contributed by atoms with Crippen LogP contribution in [-0.4, -0.2) is 12.7 Å². The van der Waals surface area contributed by atoms with E-state index in [4.69, 9.17) is 5.73 Å². The summed E-state index contributed by atoms with van der Waals surface area (Å²) in [4.78, 5) is 9.70. The Kier molecular flexibility index (Phi) is 2.40. The number of hydrogen-bond acceptors (Lipinski definition) is 2. The van der Waals surface area contributed by atoms with Crippen molar-refractivity contribution in [3.05, 3.63) is 0 Å². The van der Waals surface area contributed by atoms with Crippen LogP contribution in [0.3, 0.4) is 0 Å². The molecule has 0 heterocycles. The van der Waals surface area contributed by atoms with E-state index in [0.29, 0.717) is 0 Å². The summed E-state index contributed by atoms with van der Waals surface area (Å²) in [6.07, 6.45) is 0. The molecule has 0 atom stereocenters. The van der Waals surface area contributed by atoms with E-state index in [1.165, 1.54) is 6.92 Å². The summed E-state index contributed by atoms with van der Waals surface area (Å²) >= 11 is 0. The van der Waals surface area contributed by atoms with Crippen molar-refractivity contribution in [1.82, 2.24) is 5.73 Å². The summed E-state index contributed by atoms with van der Waals surface area (Å²) in [5.74, 6) is -0.398. The van der Waals surface area contributed by atoms with Gasteiger partial charge in [0.05, 0.1) is 0 Å². The van der Waals surface area contributed by atoms with E-state index >= 15 is 0 Å². The fraction of sp³-hybridized carbons (Fsp3) is 0.667. The van der Waals surface area contributed by atoms with Crippen LogP contribution in [0.1, 0.15) is 6.92 Å². The van der Waals surface area contributed by atoms with E-state index in [0.717, 1.165) is 0 Å². The fourth-order valence-corrected chi connectivity index (χ4v) is 0.102. The molecule has 0 saturated carbocycles. The minimum Gasteiger partial charge on any atom is -0.449 e. The molecule has 0 fully saturated rings. The molecule has 0 saturated heterocycles. The SMILES string of the molecule is CC(=O)OC[NH]. The lowest BCUT2D eigenvalue weighted by Crippen LogP contribution is -1.99. The van der Waals surface area contributed by atoms with Gasteiger partial charge in [-0.3, -0.25) is 4.79 Å². The third kappa shape index (κ3) is 3.43. The van der Waals surface area contributed by atoms with Gasteiger partial charge in [-0.2, -0.15) is 0 Å². The van der Waals surface area contributed by atoms with E-state index in [1.54, 1.807) is 0 Å². The molecular formula is C3H6NO2. The highest BCUT2D eigenvalue weighted by Gasteiger charge is 1.82. The Balaban J connectivity index is 2.83. The van der Waals surface area contributed by atoms with Crippen LogP contribution in [0, 0.1) is 0 Å². The first kappa shape index (κ1) is 5.43. The van der Waals surface area contributed by atoms with E-state index in [-0.39, 0.29) is 6.73 Å². The van der Waals surface area contributed by atoms with Crippen LogP contribution in [0.2, 0.25) is 0 Å². The highest BCUT2D eigenvalue weighted by atomic mass is 16.5. The van der Waals surface area contributed by atoms with Crippen LogP contribution in [0.4, 0.5) is 0 Å².